The number of nitrogens with two attached hydrogens (primary N) is 1. The highest BCUT2D eigenvalue weighted by Crippen LogP contribution is 2.36. The molecule has 0 radical (unpaired) electrons. The van der Waals surface area contributed by atoms with Crippen LogP contribution < -0.4 is 15.8 Å². The van der Waals surface area contributed by atoms with Crippen LogP contribution in [0.4, 0.5) is 5.69 Å². The third-order valence-corrected chi connectivity index (χ3v) is 6.72. The number of pyridine rings is 1. The third kappa shape index (κ3) is 3.44. The first kappa shape index (κ1) is 18.7. The monoisotopic (exact) mass is 395 g/mol. The number of carbonyl (C=O) groups excluding carboxylic acids is 1. The Morgan fingerprint density at radius 2 is 2.21 bits per heavy atom. The number of nitrogens with one attached hydrogen (secondary N) is 1. The fourth-order valence-electron chi connectivity index (χ4n) is 3.89. The van der Waals surface area contributed by atoms with Gasteiger partial charge in [-0.15, -0.1) is 11.3 Å². The molecule has 0 bridgehead atoms. The van der Waals surface area contributed by atoms with Crippen molar-refractivity contribution in [3.05, 3.63) is 52.0 Å². The Kier molecular flexibility index (Phi) is 5.22. The van der Waals surface area contributed by atoms with Crippen molar-refractivity contribution in [1.29, 1.82) is 0 Å². The predicted molar refractivity (Wildman–Crippen MR) is 114 cm³/mol. The fourth-order valence-corrected chi connectivity index (χ4v) is 4.90. The van der Waals surface area contributed by atoms with Gasteiger partial charge in [0, 0.05) is 23.2 Å². The SMILES string of the molecule is CCC1CCc2nc3sc(C(=O)NCc4ccccc4OC)c(N)c3cc2C1. The summed E-state index contributed by atoms with van der Waals surface area (Å²) in [5, 5.41) is 3.87. The van der Waals surface area contributed by atoms with Crippen molar-refractivity contribution in [3.63, 3.8) is 0 Å². The van der Waals surface area contributed by atoms with E-state index >= 15 is 0 Å². The van der Waals surface area contributed by atoms with Crippen molar-refractivity contribution in [3.8, 4) is 5.75 Å². The molecule has 2 aromatic heterocycles. The molecule has 3 N–H and O–H groups in total. The smallest absolute Gasteiger partial charge is 0.263 e. The molecule has 1 atom stereocenters. The summed E-state index contributed by atoms with van der Waals surface area (Å²) >= 11 is 1.38. The molecule has 0 aliphatic heterocycles. The van der Waals surface area contributed by atoms with E-state index in [2.05, 4.69) is 18.3 Å². The number of carbonyl (C=O) groups is 1. The van der Waals surface area contributed by atoms with Crippen molar-refractivity contribution >= 4 is 33.1 Å². The van der Waals surface area contributed by atoms with E-state index < -0.39 is 0 Å². The molecule has 146 valence electrons. The number of ether oxygens (including phenoxy) is 1. The molecule has 1 aliphatic carbocycles. The summed E-state index contributed by atoms with van der Waals surface area (Å²) in [5.74, 6) is 1.30. The third-order valence-electron chi connectivity index (χ3n) is 5.60. The molecular formula is C22H25N3O2S. The minimum Gasteiger partial charge on any atom is -0.496 e. The van der Waals surface area contributed by atoms with Crippen molar-refractivity contribution < 1.29 is 9.53 Å². The van der Waals surface area contributed by atoms with Gasteiger partial charge in [-0.1, -0.05) is 31.5 Å². The van der Waals surface area contributed by atoms with Crippen LogP contribution in [0.3, 0.4) is 0 Å². The number of para-hydroxylation sites is 1. The number of nitrogens with zero attached hydrogens (tertiary/aromatic N) is 1. The van der Waals surface area contributed by atoms with Gasteiger partial charge in [0.15, 0.2) is 0 Å². The zero-order valence-corrected chi connectivity index (χ0v) is 17.1. The van der Waals surface area contributed by atoms with Crippen LogP contribution in [0.15, 0.2) is 30.3 Å². The van der Waals surface area contributed by atoms with Crippen LogP contribution >= 0.6 is 11.3 Å². The Balaban J connectivity index is 1.58. The summed E-state index contributed by atoms with van der Waals surface area (Å²) in [7, 11) is 1.63. The topological polar surface area (TPSA) is 77.2 Å². The van der Waals surface area contributed by atoms with E-state index in [-0.39, 0.29) is 5.91 Å². The summed E-state index contributed by atoms with van der Waals surface area (Å²) in [6.07, 6.45) is 4.44. The van der Waals surface area contributed by atoms with Gasteiger partial charge in [-0.2, -0.15) is 0 Å². The average Bonchev–Trinajstić information content (AvgIpc) is 3.05. The van der Waals surface area contributed by atoms with Crippen molar-refractivity contribution in [2.24, 2.45) is 5.92 Å². The number of benzene rings is 1. The van der Waals surface area contributed by atoms with Crippen LogP contribution in [-0.4, -0.2) is 18.0 Å². The molecule has 0 fully saturated rings. The molecule has 0 saturated carbocycles. The zero-order chi connectivity index (χ0) is 19.7. The summed E-state index contributed by atoms with van der Waals surface area (Å²) in [4.78, 5) is 19.0. The molecule has 1 amide bonds. The normalized spacial score (nSPS) is 16.0. The van der Waals surface area contributed by atoms with Gasteiger partial charge in [0.25, 0.3) is 5.91 Å². The molecular weight excluding hydrogens is 370 g/mol. The Bertz CT molecular complexity index is 1030. The Morgan fingerprint density at radius 1 is 1.39 bits per heavy atom. The van der Waals surface area contributed by atoms with Crippen LogP contribution in [0.5, 0.6) is 5.75 Å². The van der Waals surface area contributed by atoms with Crippen LogP contribution in [0.1, 0.15) is 46.3 Å². The van der Waals surface area contributed by atoms with Gasteiger partial charge in [0.05, 0.1) is 12.8 Å². The minimum absolute atomic E-state index is 0.171. The summed E-state index contributed by atoms with van der Waals surface area (Å²) < 4.78 is 5.35. The number of hydrogen-bond acceptors (Lipinski definition) is 5. The van der Waals surface area contributed by atoms with Crippen LogP contribution in [-0.2, 0) is 19.4 Å². The second kappa shape index (κ2) is 7.80. The number of methoxy groups -OCH3 is 1. The molecule has 6 heteroatoms. The molecule has 1 aromatic carbocycles. The fraction of sp³-hybridized carbons (Fsp3) is 0.364. The second-order valence-electron chi connectivity index (χ2n) is 7.30. The molecule has 28 heavy (non-hydrogen) atoms. The van der Waals surface area contributed by atoms with Crippen LogP contribution in [0.25, 0.3) is 10.2 Å². The number of hydrogen-bond donors (Lipinski definition) is 2. The number of anilines is 1. The first-order valence-electron chi connectivity index (χ1n) is 9.71. The standard InChI is InChI=1S/C22H25N3O2S/c1-3-13-8-9-17-15(10-13)11-16-19(23)20(28-22(16)25-17)21(26)24-12-14-6-4-5-7-18(14)27-2/h4-7,11,13H,3,8-10,12,23H2,1-2H3,(H,24,26). The predicted octanol–water partition coefficient (Wildman–Crippen LogP) is 4.33. The molecule has 0 saturated heterocycles. The van der Waals surface area contributed by atoms with Crippen molar-refractivity contribution in [2.45, 2.75) is 39.2 Å². The van der Waals surface area contributed by atoms with E-state index in [1.54, 1.807) is 7.11 Å². The number of fused-ring (bicyclic) bond motifs is 2. The summed E-state index contributed by atoms with van der Waals surface area (Å²) in [5.41, 5.74) is 10.3. The minimum atomic E-state index is -0.171. The van der Waals surface area contributed by atoms with Gasteiger partial charge < -0.3 is 15.8 Å². The number of aromatic nitrogens is 1. The second-order valence-corrected chi connectivity index (χ2v) is 8.30. The number of nitrogen functional groups attached to an aromatic ring is 1. The number of thiophene rings is 1. The summed E-state index contributed by atoms with van der Waals surface area (Å²) in [6, 6.07) is 9.81. The highest BCUT2D eigenvalue weighted by molar-refractivity contribution is 7.21. The summed E-state index contributed by atoms with van der Waals surface area (Å²) in [6.45, 7) is 2.63. The van der Waals surface area contributed by atoms with E-state index in [0.29, 0.717) is 17.1 Å². The lowest BCUT2D eigenvalue weighted by Gasteiger charge is -2.22. The number of rotatable bonds is 5. The first-order valence-corrected chi connectivity index (χ1v) is 10.5. The maximum Gasteiger partial charge on any atom is 0.263 e. The lowest BCUT2D eigenvalue weighted by atomic mass is 9.85. The zero-order valence-electron chi connectivity index (χ0n) is 16.2. The number of amides is 1. The first-order chi connectivity index (χ1) is 13.6. The lowest BCUT2D eigenvalue weighted by molar-refractivity contribution is 0.0955. The van der Waals surface area contributed by atoms with Gasteiger partial charge in [0.1, 0.15) is 15.5 Å². The van der Waals surface area contributed by atoms with Gasteiger partial charge >= 0.3 is 0 Å². The average molecular weight is 396 g/mol. The van der Waals surface area contributed by atoms with Crippen molar-refractivity contribution in [2.75, 3.05) is 12.8 Å². The molecule has 5 nitrogen and oxygen atoms in total. The Hall–Kier alpha value is -2.60. The van der Waals surface area contributed by atoms with E-state index in [1.165, 1.54) is 35.4 Å². The Morgan fingerprint density at radius 3 is 3.00 bits per heavy atom. The maximum atomic E-state index is 12.8. The largest absolute Gasteiger partial charge is 0.496 e. The molecule has 1 unspecified atom stereocenters. The highest BCUT2D eigenvalue weighted by atomic mass is 32.1. The van der Waals surface area contributed by atoms with Crippen LogP contribution in [0, 0.1) is 5.92 Å². The molecule has 2 heterocycles. The molecule has 4 rings (SSSR count). The van der Waals surface area contributed by atoms with E-state index in [0.717, 1.165) is 40.3 Å². The van der Waals surface area contributed by atoms with Crippen LogP contribution in [0.2, 0.25) is 0 Å². The quantitative estimate of drug-likeness (QED) is 0.674. The molecule has 0 spiro atoms. The van der Waals surface area contributed by atoms with E-state index in [9.17, 15) is 4.79 Å². The van der Waals surface area contributed by atoms with Gasteiger partial charge in [0.2, 0.25) is 0 Å². The van der Waals surface area contributed by atoms with Crippen molar-refractivity contribution in [1.82, 2.24) is 10.3 Å². The van der Waals surface area contributed by atoms with E-state index in [1.807, 2.05) is 24.3 Å². The van der Waals surface area contributed by atoms with Gasteiger partial charge in [-0.05, 0) is 42.9 Å². The van der Waals surface area contributed by atoms with Gasteiger partial charge in [-0.25, -0.2) is 4.98 Å². The molecule has 3 aromatic rings. The Labute approximate surface area is 168 Å². The lowest BCUT2D eigenvalue weighted by Crippen LogP contribution is -2.22. The maximum absolute atomic E-state index is 12.8. The number of aryl methyl sites for hydroxylation is 1. The van der Waals surface area contributed by atoms with Gasteiger partial charge in [-0.3, -0.25) is 4.79 Å². The molecule has 1 aliphatic rings. The van der Waals surface area contributed by atoms with E-state index in [4.69, 9.17) is 15.5 Å². The highest BCUT2D eigenvalue weighted by Gasteiger charge is 2.23.